The van der Waals surface area contributed by atoms with E-state index in [1.54, 1.807) is 24.3 Å². The third-order valence-corrected chi connectivity index (χ3v) is 3.70. The van der Waals surface area contributed by atoms with Crippen molar-refractivity contribution in [1.29, 1.82) is 0 Å². The molecule has 0 aliphatic rings. The average Bonchev–Trinajstić information content (AvgIpc) is 2.92. The maximum Gasteiger partial charge on any atom is 0.257 e. The first kappa shape index (κ1) is 14.4. The second-order valence-electron chi connectivity index (χ2n) is 5.05. The largest absolute Gasteiger partial charge is 0.358 e. The maximum atomic E-state index is 12.4. The number of carbonyl (C=O) groups excluding carboxylic acids is 1. The highest BCUT2D eigenvalue weighted by Crippen LogP contribution is 2.22. The van der Waals surface area contributed by atoms with E-state index < -0.39 is 0 Å². The Labute approximate surface area is 133 Å². The van der Waals surface area contributed by atoms with Gasteiger partial charge in [0.25, 0.3) is 5.91 Å². The van der Waals surface area contributed by atoms with Crippen LogP contribution >= 0.6 is 11.6 Å². The quantitative estimate of drug-likeness (QED) is 0.710. The van der Waals surface area contributed by atoms with Gasteiger partial charge in [0.15, 0.2) is 0 Å². The summed E-state index contributed by atoms with van der Waals surface area (Å²) < 4.78 is 0. The molecule has 1 amide bonds. The summed E-state index contributed by atoms with van der Waals surface area (Å²) in [7, 11) is 0. The number of hydrogen-bond acceptors (Lipinski definition) is 1. The predicted octanol–water partition coefficient (Wildman–Crippen LogP) is 4.90. The van der Waals surface area contributed by atoms with Crippen molar-refractivity contribution in [3.05, 3.63) is 76.9 Å². The van der Waals surface area contributed by atoms with Gasteiger partial charge >= 0.3 is 0 Å². The van der Waals surface area contributed by atoms with Crippen LogP contribution in [0.3, 0.4) is 0 Å². The van der Waals surface area contributed by atoms with E-state index in [1.165, 1.54) is 0 Å². The van der Waals surface area contributed by atoms with E-state index in [0.717, 1.165) is 22.6 Å². The summed E-state index contributed by atoms with van der Waals surface area (Å²) >= 11 is 5.84. The van der Waals surface area contributed by atoms with Crippen LogP contribution in [0.25, 0.3) is 11.3 Å². The lowest BCUT2D eigenvalue weighted by Gasteiger charge is -2.04. The standard InChI is InChI=1S/C18H15ClN2O/c1-12-16(11-17(20-12)13-5-3-2-4-6-13)18(22)21-15-9-7-14(19)8-10-15/h2-11,20H,1H3,(H,21,22). The smallest absolute Gasteiger partial charge is 0.257 e. The lowest BCUT2D eigenvalue weighted by atomic mass is 10.1. The van der Waals surface area contributed by atoms with Gasteiger partial charge in [0.1, 0.15) is 0 Å². The fourth-order valence-corrected chi connectivity index (χ4v) is 2.42. The summed E-state index contributed by atoms with van der Waals surface area (Å²) in [6, 6.07) is 18.8. The van der Waals surface area contributed by atoms with E-state index in [-0.39, 0.29) is 5.91 Å². The van der Waals surface area contributed by atoms with Crippen LogP contribution in [-0.4, -0.2) is 10.9 Å². The van der Waals surface area contributed by atoms with E-state index in [2.05, 4.69) is 10.3 Å². The Kier molecular flexibility index (Phi) is 3.98. The topological polar surface area (TPSA) is 44.9 Å². The summed E-state index contributed by atoms with van der Waals surface area (Å²) in [5.41, 5.74) is 4.17. The van der Waals surface area contributed by atoms with Gasteiger partial charge in [-0.15, -0.1) is 0 Å². The molecule has 3 rings (SSSR count). The number of anilines is 1. The molecule has 2 aromatic carbocycles. The molecule has 0 bridgehead atoms. The van der Waals surface area contributed by atoms with Crippen LogP contribution in [0.1, 0.15) is 16.1 Å². The Morgan fingerprint density at radius 3 is 2.41 bits per heavy atom. The lowest BCUT2D eigenvalue weighted by molar-refractivity contribution is 0.102. The van der Waals surface area contributed by atoms with Gasteiger partial charge in [-0.2, -0.15) is 0 Å². The summed E-state index contributed by atoms with van der Waals surface area (Å²) in [6.07, 6.45) is 0. The number of nitrogens with one attached hydrogen (secondary N) is 2. The molecule has 2 N–H and O–H groups in total. The molecule has 0 fully saturated rings. The van der Waals surface area contributed by atoms with E-state index in [4.69, 9.17) is 11.6 Å². The van der Waals surface area contributed by atoms with Crippen molar-refractivity contribution >= 4 is 23.2 Å². The van der Waals surface area contributed by atoms with Gasteiger partial charge in [0.2, 0.25) is 0 Å². The van der Waals surface area contributed by atoms with Crippen LogP contribution < -0.4 is 5.32 Å². The number of amides is 1. The van der Waals surface area contributed by atoms with Crippen LogP contribution in [-0.2, 0) is 0 Å². The number of aromatic nitrogens is 1. The molecule has 3 aromatic rings. The minimum Gasteiger partial charge on any atom is -0.358 e. The molecule has 0 saturated carbocycles. The number of halogens is 1. The van der Waals surface area contributed by atoms with E-state index in [1.807, 2.05) is 43.3 Å². The normalized spacial score (nSPS) is 10.5. The van der Waals surface area contributed by atoms with Gasteiger partial charge in [0.05, 0.1) is 5.56 Å². The van der Waals surface area contributed by atoms with Gasteiger partial charge in [-0.05, 0) is 42.8 Å². The molecule has 3 nitrogen and oxygen atoms in total. The number of aromatic amines is 1. The number of aryl methyl sites for hydroxylation is 1. The van der Waals surface area contributed by atoms with Gasteiger partial charge in [0, 0.05) is 22.1 Å². The van der Waals surface area contributed by atoms with E-state index in [9.17, 15) is 4.79 Å². The molecular weight excluding hydrogens is 296 g/mol. The zero-order chi connectivity index (χ0) is 15.5. The molecule has 0 radical (unpaired) electrons. The summed E-state index contributed by atoms with van der Waals surface area (Å²) in [5, 5.41) is 3.51. The van der Waals surface area contributed by atoms with Crippen LogP contribution in [0, 0.1) is 6.92 Å². The van der Waals surface area contributed by atoms with Crippen LogP contribution in [0.5, 0.6) is 0 Å². The third kappa shape index (κ3) is 3.05. The molecule has 0 atom stereocenters. The number of H-pyrrole nitrogens is 1. The molecule has 1 heterocycles. The van der Waals surface area contributed by atoms with Crippen LogP contribution in [0.2, 0.25) is 5.02 Å². The predicted molar refractivity (Wildman–Crippen MR) is 90.4 cm³/mol. The third-order valence-electron chi connectivity index (χ3n) is 3.45. The second-order valence-corrected chi connectivity index (χ2v) is 5.49. The van der Waals surface area contributed by atoms with Crippen molar-refractivity contribution in [3.63, 3.8) is 0 Å². The lowest BCUT2D eigenvalue weighted by Crippen LogP contribution is -2.12. The monoisotopic (exact) mass is 310 g/mol. The summed E-state index contributed by atoms with van der Waals surface area (Å²) in [6.45, 7) is 1.89. The first-order valence-corrected chi connectivity index (χ1v) is 7.33. The first-order chi connectivity index (χ1) is 10.6. The Hall–Kier alpha value is -2.52. The average molecular weight is 311 g/mol. The van der Waals surface area contributed by atoms with Crippen molar-refractivity contribution in [1.82, 2.24) is 4.98 Å². The number of benzene rings is 2. The Bertz CT molecular complexity index is 792. The van der Waals surface area contributed by atoms with Crippen molar-refractivity contribution in [2.45, 2.75) is 6.92 Å². The highest BCUT2D eigenvalue weighted by Gasteiger charge is 2.13. The molecule has 0 spiro atoms. The summed E-state index contributed by atoms with van der Waals surface area (Å²) in [5.74, 6) is -0.141. The molecule has 4 heteroatoms. The van der Waals surface area contributed by atoms with Gasteiger partial charge in [-0.25, -0.2) is 0 Å². The van der Waals surface area contributed by atoms with Crippen LogP contribution in [0.15, 0.2) is 60.7 Å². The molecule has 110 valence electrons. The molecular formula is C18H15ClN2O. The zero-order valence-electron chi connectivity index (χ0n) is 12.1. The maximum absolute atomic E-state index is 12.4. The molecule has 0 aliphatic carbocycles. The van der Waals surface area contributed by atoms with Gasteiger partial charge < -0.3 is 10.3 Å². The fourth-order valence-electron chi connectivity index (χ4n) is 2.30. The Morgan fingerprint density at radius 1 is 1.05 bits per heavy atom. The molecule has 0 unspecified atom stereocenters. The minimum absolute atomic E-state index is 0.141. The van der Waals surface area contributed by atoms with E-state index in [0.29, 0.717) is 10.6 Å². The van der Waals surface area contributed by atoms with Gasteiger partial charge in [-0.3, -0.25) is 4.79 Å². The Morgan fingerprint density at radius 2 is 1.73 bits per heavy atom. The molecule has 0 saturated heterocycles. The highest BCUT2D eigenvalue weighted by molar-refractivity contribution is 6.30. The fraction of sp³-hybridized carbons (Fsp3) is 0.0556. The van der Waals surface area contributed by atoms with Crippen LogP contribution in [0.4, 0.5) is 5.69 Å². The minimum atomic E-state index is -0.141. The summed E-state index contributed by atoms with van der Waals surface area (Å²) in [4.78, 5) is 15.7. The zero-order valence-corrected chi connectivity index (χ0v) is 12.8. The van der Waals surface area contributed by atoms with Crippen molar-refractivity contribution < 1.29 is 4.79 Å². The van der Waals surface area contributed by atoms with Crippen molar-refractivity contribution in [2.75, 3.05) is 5.32 Å². The number of carbonyl (C=O) groups is 1. The molecule has 22 heavy (non-hydrogen) atoms. The van der Waals surface area contributed by atoms with E-state index >= 15 is 0 Å². The molecule has 0 aliphatic heterocycles. The molecule has 1 aromatic heterocycles. The second kappa shape index (κ2) is 6.08. The first-order valence-electron chi connectivity index (χ1n) is 6.95. The SMILES string of the molecule is Cc1[nH]c(-c2ccccc2)cc1C(=O)Nc1ccc(Cl)cc1. The van der Waals surface area contributed by atoms with Gasteiger partial charge in [-0.1, -0.05) is 41.9 Å². The van der Waals surface area contributed by atoms with Crippen molar-refractivity contribution in [3.8, 4) is 11.3 Å². The number of rotatable bonds is 3. The Balaban J connectivity index is 1.84. The van der Waals surface area contributed by atoms with Crippen molar-refractivity contribution in [2.24, 2.45) is 0 Å². The highest BCUT2D eigenvalue weighted by atomic mass is 35.5. The number of hydrogen-bond donors (Lipinski definition) is 2.